The lowest BCUT2D eigenvalue weighted by Crippen LogP contribution is -2.35. The minimum atomic E-state index is -3.18. The lowest BCUT2D eigenvalue weighted by molar-refractivity contribution is -0.142. The first-order valence-electron chi connectivity index (χ1n) is 6.14. The predicted molar refractivity (Wildman–Crippen MR) is 70.6 cm³/mol. The number of benzene rings is 1. The molecule has 0 aromatic heterocycles. The van der Waals surface area contributed by atoms with Gasteiger partial charge in [0.05, 0.1) is 4.90 Å². The molecule has 0 bridgehead atoms. The van der Waals surface area contributed by atoms with Crippen molar-refractivity contribution < 1.29 is 18.3 Å². The number of hydrogen-bond donors (Lipinski definition) is 1. The maximum atomic E-state index is 11.3. The molecular weight excluding hydrogens is 266 g/mol. The van der Waals surface area contributed by atoms with Crippen molar-refractivity contribution in [1.29, 1.82) is 0 Å². The van der Waals surface area contributed by atoms with Crippen molar-refractivity contribution in [3.63, 3.8) is 0 Å². The van der Waals surface area contributed by atoms with Gasteiger partial charge in [-0.15, -0.1) is 0 Å². The topological polar surface area (TPSA) is 74.7 Å². The molecule has 1 aliphatic heterocycles. The normalized spacial score (nSPS) is 20.6. The standard InChI is InChI=1S/C13H17NO4S/c1-19(17,18)11-6-4-10(5-7-11)9-14-8-2-3-12(14)13(15)16/h4-7,12H,2-3,8-9H2,1H3,(H,15,16). The third kappa shape index (κ3) is 3.33. The van der Waals surface area contributed by atoms with Crippen LogP contribution >= 0.6 is 0 Å². The number of aliphatic carboxylic acids is 1. The fourth-order valence-electron chi connectivity index (χ4n) is 2.37. The van der Waals surface area contributed by atoms with Crippen molar-refractivity contribution in [2.75, 3.05) is 12.8 Å². The van der Waals surface area contributed by atoms with Gasteiger partial charge in [-0.2, -0.15) is 0 Å². The van der Waals surface area contributed by atoms with Gasteiger partial charge in [0.2, 0.25) is 0 Å². The summed E-state index contributed by atoms with van der Waals surface area (Å²) in [7, 11) is -3.18. The molecule has 5 nitrogen and oxygen atoms in total. The number of sulfone groups is 1. The molecule has 0 saturated carbocycles. The largest absolute Gasteiger partial charge is 0.480 e. The number of carboxylic acid groups (broad SMARTS) is 1. The Labute approximate surface area is 112 Å². The van der Waals surface area contributed by atoms with Gasteiger partial charge in [-0.25, -0.2) is 8.42 Å². The van der Waals surface area contributed by atoms with E-state index in [0.717, 1.165) is 18.5 Å². The molecule has 19 heavy (non-hydrogen) atoms. The van der Waals surface area contributed by atoms with Crippen LogP contribution in [0.1, 0.15) is 18.4 Å². The summed E-state index contributed by atoms with van der Waals surface area (Å²) < 4.78 is 22.7. The summed E-state index contributed by atoms with van der Waals surface area (Å²) in [4.78, 5) is 13.3. The maximum Gasteiger partial charge on any atom is 0.320 e. The van der Waals surface area contributed by atoms with Crippen LogP contribution in [0.15, 0.2) is 29.2 Å². The van der Waals surface area contributed by atoms with E-state index in [2.05, 4.69) is 0 Å². The molecule has 0 spiro atoms. The van der Waals surface area contributed by atoms with Crippen molar-refractivity contribution in [2.24, 2.45) is 0 Å². The first-order valence-corrected chi connectivity index (χ1v) is 8.03. The Kier molecular flexibility index (Phi) is 3.91. The van der Waals surface area contributed by atoms with E-state index in [1.54, 1.807) is 24.3 Å². The summed E-state index contributed by atoms with van der Waals surface area (Å²) in [5, 5.41) is 9.09. The monoisotopic (exact) mass is 283 g/mol. The van der Waals surface area contributed by atoms with E-state index in [4.69, 9.17) is 5.11 Å². The summed E-state index contributed by atoms with van der Waals surface area (Å²) in [6.45, 7) is 1.31. The third-order valence-electron chi connectivity index (χ3n) is 3.39. The van der Waals surface area contributed by atoms with Crippen LogP contribution in [0, 0.1) is 0 Å². The van der Waals surface area contributed by atoms with Gasteiger partial charge in [0, 0.05) is 12.8 Å². The quantitative estimate of drug-likeness (QED) is 0.897. The molecule has 1 heterocycles. The Morgan fingerprint density at radius 3 is 2.53 bits per heavy atom. The average molecular weight is 283 g/mol. The highest BCUT2D eigenvalue weighted by atomic mass is 32.2. The van der Waals surface area contributed by atoms with Gasteiger partial charge < -0.3 is 5.11 Å². The van der Waals surface area contributed by atoms with Crippen LogP contribution in [0.25, 0.3) is 0 Å². The lowest BCUT2D eigenvalue weighted by atomic mass is 10.2. The van der Waals surface area contributed by atoms with Crippen molar-refractivity contribution in [3.05, 3.63) is 29.8 Å². The summed E-state index contributed by atoms with van der Waals surface area (Å²) in [6, 6.07) is 6.20. The number of rotatable bonds is 4. The smallest absolute Gasteiger partial charge is 0.320 e. The zero-order valence-corrected chi connectivity index (χ0v) is 11.6. The Hall–Kier alpha value is -1.40. The highest BCUT2D eigenvalue weighted by molar-refractivity contribution is 7.90. The SMILES string of the molecule is CS(=O)(=O)c1ccc(CN2CCCC2C(=O)O)cc1. The summed E-state index contributed by atoms with van der Waals surface area (Å²) in [6.07, 6.45) is 2.73. The fraction of sp³-hybridized carbons (Fsp3) is 0.462. The van der Waals surface area contributed by atoms with Crippen LogP contribution in [0.5, 0.6) is 0 Å². The minimum absolute atomic E-state index is 0.285. The van der Waals surface area contributed by atoms with Gasteiger partial charge in [0.25, 0.3) is 0 Å². The van der Waals surface area contributed by atoms with Crippen LogP contribution in [-0.2, 0) is 21.2 Å². The van der Waals surface area contributed by atoms with Crippen molar-refractivity contribution >= 4 is 15.8 Å². The molecule has 1 aromatic carbocycles. The van der Waals surface area contributed by atoms with Crippen LogP contribution in [0.4, 0.5) is 0 Å². The third-order valence-corrected chi connectivity index (χ3v) is 4.51. The number of carbonyl (C=O) groups is 1. The zero-order chi connectivity index (χ0) is 14.0. The molecule has 1 unspecified atom stereocenters. The van der Waals surface area contributed by atoms with E-state index in [0.29, 0.717) is 13.0 Å². The van der Waals surface area contributed by atoms with Crippen molar-refractivity contribution in [3.8, 4) is 0 Å². The molecule has 1 aromatic rings. The lowest BCUT2D eigenvalue weighted by Gasteiger charge is -2.21. The van der Waals surface area contributed by atoms with Gasteiger partial charge in [0.1, 0.15) is 6.04 Å². The van der Waals surface area contributed by atoms with E-state index >= 15 is 0 Å². The molecule has 0 amide bonds. The van der Waals surface area contributed by atoms with E-state index < -0.39 is 21.8 Å². The summed E-state index contributed by atoms with van der Waals surface area (Å²) >= 11 is 0. The zero-order valence-electron chi connectivity index (χ0n) is 10.7. The fourth-order valence-corrected chi connectivity index (χ4v) is 3.00. The second kappa shape index (κ2) is 5.30. The van der Waals surface area contributed by atoms with Crippen LogP contribution < -0.4 is 0 Å². The second-order valence-electron chi connectivity index (χ2n) is 4.88. The molecule has 1 aliphatic rings. The van der Waals surface area contributed by atoms with E-state index in [-0.39, 0.29) is 4.90 Å². The maximum absolute atomic E-state index is 11.3. The Balaban J connectivity index is 2.10. The molecule has 0 aliphatic carbocycles. The Morgan fingerprint density at radius 1 is 1.37 bits per heavy atom. The predicted octanol–water partition coefficient (Wildman–Crippen LogP) is 1.14. The molecule has 0 radical (unpaired) electrons. The van der Waals surface area contributed by atoms with E-state index in [9.17, 15) is 13.2 Å². The second-order valence-corrected chi connectivity index (χ2v) is 6.90. The van der Waals surface area contributed by atoms with Crippen molar-refractivity contribution in [2.45, 2.75) is 30.3 Å². The van der Waals surface area contributed by atoms with Gasteiger partial charge >= 0.3 is 5.97 Å². The van der Waals surface area contributed by atoms with Gasteiger partial charge in [-0.1, -0.05) is 12.1 Å². The van der Waals surface area contributed by atoms with E-state index in [1.807, 2.05) is 4.90 Å². The van der Waals surface area contributed by atoms with Crippen LogP contribution in [0.3, 0.4) is 0 Å². The molecule has 6 heteroatoms. The molecule has 104 valence electrons. The number of carboxylic acids is 1. The highest BCUT2D eigenvalue weighted by Crippen LogP contribution is 2.21. The molecule has 2 rings (SSSR count). The van der Waals surface area contributed by atoms with Crippen LogP contribution in [0.2, 0.25) is 0 Å². The molecule has 1 saturated heterocycles. The summed E-state index contributed by atoms with van der Waals surface area (Å²) in [5.74, 6) is -0.787. The first-order chi connectivity index (χ1) is 8.88. The molecule has 1 atom stereocenters. The number of nitrogens with zero attached hydrogens (tertiary/aromatic N) is 1. The molecular formula is C13H17NO4S. The Bertz CT molecular complexity index is 565. The van der Waals surface area contributed by atoms with Crippen molar-refractivity contribution in [1.82, 2.24) is 4.90 Å². The van der Waals surface area contributed by atoms with E-state index in [1.165, 1.54) is 6.26 Å². The average Bonchev–Trinajstić information content (AvgIpc) is 2.77. The van der Waals surface area contributed by atoms with Gasteiger partial charge in [-0.3, -0.25) is 9.69 Å². The van der Waals surface area contributed by atoms with Crippen LogP contribution in [-0.4, -0.2) is 43.2 Å². The van der Waals surface area contributed by atoms with Gasteiger partial charge in [-0.05, 0) is 37.1 Å². The first kappa shape index (κ1) is 14.0. The summed E-state index contributed by atoms with van der Waals surface area (Å²) in [5.41, 5.74) is 0.931. The van der Waals surface area contributed by atoms with Gasteiger partial charge in [0.15, 0.2) is 9.84 Å². The highest BCUT2D eigenvalue weighted by Gasteiger charge is 2.30. The molecule has 1 N–H and O–H groups in total. The minimum Gasteiger partial charge on any atom is -0.480 e. The number of likely N-dealkylation sites (tertiary alicyclic amines) is 1. The number of hydrogen-bond acceptors (Lipinski definition) is 4. The Morgan fingerprint density at radius 2 is 2.00 bits per heavy atom. The molecule has 1 fully saturated rings.